The minimum atomic E-state index is 0.470. The van der Waals surface area contributed by atoms with E-state index in [2.05, 4.69) is 49.3 Å². The Hall–Kier alpha value is -2.21. The fraction of sp³-hybridized carbons (Fsp3) is 0.421. The molecule has 5 rings (SSSR count). The summed E-state index contributed by atoms with van der Waals surface area (Å²) in [5.74, 6) is 2.84. The van der Waals surface area contributed by atoms with Gasteiger partial charge in [0, 0.05) is 42.9 Å². The van der Waals surface area contributed by atoms with Gasteiger partial charge < -0.3 is 9.47 Å². The molecule has 1 unspecified atom stereocenters. The molecule has 2 aliphatic heterocycles. The highest BCUT2D eigenvalue weighted by atomic mass is 32.1. The number of piperidine rings is 1. The molecule has 5 nitrogen and oxygen atoms in total. The molecule has 6 heteroatoms. The van der Waals surface area contributed by atoms with Gasteiger partial charge in [0.05, 0.1) is 5.69 Å². The van der Waals surface area contributed by atoms with Gasteiger partial charge in [-0.05, 0) is 19.3 Å². The van der Waals surface area contributed by atoms with Crippen molar-refractivity contribution in [1.29, 1.82) is 0 Å². The Morgan fingerprint density at radius 2 is 1.96 bits per heavy atom. The molecule has 0 aliphatic carbocycles. The van der Waals surface area contributed by atoms with Crippen molar-refractivity contribution in [2.24, 2.45) is 0 Å². The zero-order valence-corrected chi connectivity index (χ0v) is 15.0. The van der Waals surface area contributed by atoms with Crippen LogP contribution in [0, 0.1) is 0 Å². The second-order valence-electron chi connectivity index (χ2n) is 6.90. The van der Waals surface area contributed by atoms with E-state index < -0.39 is 0 Å². The van der Waals surface area contributed by atoms with E-state index >= 15 is 0 Å². The van der Waals surface area contributed by atoms with Crippen molar-refractivity contribution < 1.29 is 0 Å². The smallest absolute Gasteiger partial charge is 0.185 e. The second-order valence-corrected chi connectivity index (χ2v) is 7.73. The van der Waals surface area contributed by atoms with Crippen LogP contribution in [0.4, 0.5) is 5.13 Å². The van der Waals surface area contributed by atoms with E-state index in [4.69, 9.17) is 4.98 Å². The molecule has 0 amide bonds. The molecule has 1 aromatic carbocycles. The summed E-state index contributed by atoms with van der Waals surface area (Å²) in [6.45, 7) is 3.17. The minimum Gasteiger partial charge on any atom is -0.347 e. The lowest BCUT2D eigenvalue weighted by Gasteiger charge is -2.32. The predicted octanol–water partition coefficient (Wildman–Crippen LogP) is 3.73. The molecule has 128 valence electrons. The SMILES string of the molecule is c1ccc(-c2csc(N3CCCC(c4nnc5n4CCC5)C3)n2)cc1. The van der Waals surface area contributed by atoms with E-state index in [-0.39, 0.29) is 0 Å². The molecule has 1 fully saturated rings. The Morgan fingerprint density at radius 3 is 2.88 bits per heavy atom. The van der Waals surface area contributed by atoms with Crippen molar-refractivity contribution in [3.05, 3.63) is 47.4 Å². The number of aryl methyl sites for hydroxylation is 1. The average Bonchev–Trinajstić information content (AvgIpc) is 3.39. The standard InChI is InChI=1S/C19H21N5S/c1-2-6-14(7-3-1)16-13-25-19(20-16)23-10-4-8-15(12-23)18-22-21-17-9-5-11-24(17)18/h1-3,6-7,13,15H,4-5,8-12H2. The van der Waals surface area contributed by atoms with Crippen LogP contribution >= 0.6 is 11.3 Å². The first kappa shape index (κ1) is 15.1. The molecule has 25 heavy (non-hydrogen) atoms. The molecule has 2 aromatic heterocycles. The quantitative estimate of drug-likeness (QED) is 0.721. The summed E-state index contributed by atoms with van der Waals surface area (Å²) in [7, 11) is 0. The number of benzene rings is 1. The van der Waals surface area contributed by atoms with Gasteiger partial charge in [0.1, 0.15) is 11.6 Å². The highest BCUT2D eigenvalue weighted by Crippen LogP contribution is 2.33. The van der Waals surface area contributed by atoms with E-state index in [1.807, 2.05) is 6.07 Å². The third-order valence-electron chi connectivity index (χ3n) is 5.26. The predicted molar refractivity (Wildman–Crippen MR) is 100 cm³/mol. The van der Waals surface area contributed by atoms with Crippen molar-refractivity contribution >= 4 is 16.5 Å². The number of fused-ring (bicyclic) bond motifs is 1. The lowest BCUT2D eigenvalue weighted by molar-refractivity contribution is 0.473. The van der Waals surface area contributed by atoms with Crippen LogP contribution in [0.5, 0.6) is 0 Å². The van der Waals surface area contributed by atoms with Crippen molar-refractivity contribution in [1.82, 2.24) is 19.7 Å². The van der Waals surface area contributed by atoms with Crippen LogP contribution in [-0.4, -0.2) is 32.8 Å². The van der Waals surface area contributed by atoms with Gasteiger partial charge >= 0.3 is 0 Å². The number of thiazole rings is 1. The van der Waals surface area contributed by atoms with Gasteiger partial charge in [0.25, 0.3) is 0 Å². The summed E-state index contributed by atoms with van der Waals surface area (Å²) in [5.41, 5.74) is 2.26. The molecular weight excluding hydrogens is 330 g/mol. The fourth-order valence-electron chi connectivity index (χ4n) is 3.99. The van der Waals surface area contributed by atoms with Crippen molar-refractivity contribution in [3.63, 3.8) is 0 Å². The topological polar surface area (TPSA) is 46.8 Å². The van der Waals surface area contributed by atoms with Crippen LogP contribution in [0.2, 0.25) is 0 Å². The number of rotatable bonds is 3. The minimum absolute atomic E-state index is 0.470. The largest absolute Gasteiger partial charge is 0.347 e. The summed E-state index contributed by atoms with van der Waals surface area (Å²) < 4.78 is 2.35. The van der Waals surface area contributed by atoms with Crippen LogP contribution in [-0.2, 0) is 13.0 Å². The number of anilines is 1. The first-order chi connectivity index (χ1) is 12.4. The second kappa shape index (κ2) is 6.26. The maximum absolute atomic E-state index is 4.89. The molecule has 0 radical (unpaired) electrons. The summed E-state index contributed by atoms with van der Waals surface area (Å²) in [6.07, 6.45) is 4.68. The van der Waals surface area contributed by atoms with Gasteiger partial charge in [-0.15, -0.1) is 21.5 Å². The summed E-state index contributed by atoms with van der Waals surface area (Å²) in [4.78, 5) is 7.33. The molecule has 4 heterocycles. The normalized spacial score (nSPS) is 20.0. The van der Waals surface area contributed by atoms with Gasteiger partial charge in [-0.2, -0.15) is 0 Å². The van der Waals surface area contributed by atoms with Crippen molar-refractivity contribution in [2.75, 3.05) is 18.0 Å². The average molecular weight is 351 g/mol. The monoisotopic (exact) mass is 351 g/mol. The molecule has 1 atom stereocenters. The fourth-order valence-corrected chi connectivity index (χ4v) is 4.86. The van der Waals surface area contributed by atoms with Crippen molar-refractivity contribution in [2.45, 2.75) is 38.1 Å². The van der Waals surface area contributed by atoms with E-state index in [1.54, 1.807) is 11.3 Å². The van der Waals surface area contributed by atoms with E-state index in [0.717, 1.165) is 36.9 Å². The van der Waals surface area contributed by atoms with Crippen LogP contribution in [0.3, 0.4) is 0 Å². The molecule has 1 saturated heterocycles. The maximum atomic E-state index is 4.89. The maximum Gasteiger partial charge on any atom is 0.185 e. The van der Waals surface area contributed by atoms with E-state index in [0.29, 0.717) is 5.92 Å². The Morgan fingerprint density at radius 1 is 1.04 bits per heavy atom. The summed E-state index contributed by atoms with van der Waals surface area (Å²) in [6, 6.07) is 10.4. The van der Waals surface area contributed by atoms with Gasteiger partial charge in [-0.3, -0.25) is 0 Å². The van der Waals surface area contributed by atoms with Crippen LogP contribution in [0.15, 0.2) is 35.7 Å². The Labute approximate surface area is 151 Å². The first-order valence-electron chi connectivity index (χ1n) is 9.06. The number of hydrogen-bond donors (Lipinski definition) is 0. The summed E-state index contributed by atoms with van der Waals surface area (Å²) >= 11 is 1.75. The molecular formula is C19H21N5S. The van der Waals surface area contributed by atoms with Crippen LogP contribution in [0.1, 0.15) is 36.8 Å². The zero-order chi connectivity index (χ0) is 16.6. The lowest BCUT2D eigenvalue weighted by atomic mass is 9.97. The van der Waals surface area contributed by atoms with E-state index in [1.165, 1.54) is 36.5 Å². The van der Waals surface area contributed by atoms with Gasteiger partial charge in [-0.25, -0.2) is 4.98 Å². The highest BCUT2D eigenvalue weighted by molar-refractivity contribution is 7.14. The van der Waals surface area contributed by atoms with Gasteiger partial charge in [-0.1, -0.05) is 30.3 Å². The lowest BCUT2D eigenvalue weighted by Crippen LogP contribution is -2.35. The van der Waals surface area contributed by atoms with E-state index in [9.17, 15) is 0 Å². The van der Waals surface area contributed by atoms with Gasteiger partial charge in [0.15, 0.2) is 5.13 Å². The highest BCUT2D eigenvalue weighted by Gasteiger charge is 2.29. The Kier molecular flexibility index (Phi) is 3.77. The molecule has 0 saturated carbocycles. The number of hydrogen-bond acceptors (Lipinski definition) is 5. The molecule has 2 aliphatic rings. The molecule has 3 aromatic rings. The number of nitrogens with zero attached hydrogens (tertiary/aromatic N) is 5. The molecule has 0 N–H and O–H groups in total. The van der Waals surface area contributed by atoms with Crippen LogP contribution < -0.4 is 4.90 Å². The molecule has 0 spiro atoms. The number of aromatic nitrogens is 4. The third-order valence-corrected chi connectivity index (χ3v) is 6.16. The Bertz CT molecular complexity index is 869. The first-order valence-corrected chi connectivity index (χ1v) is 9.94. The summed E-state index contributed by atoms with van der Waals surface area (Å²) in [5, 5.41) is 12.2. The van der Waals surface area contributed by atoms with Gasteiger partial charge in [0.2, 0.25) is 0 Å². The molecule has 0 bridgehead atoms. The van der Waals surface area contributed by atoms with Crippen molar-refractivity contribution in [3.8, 4) is 11.3 Å². The third kappa shape index (κ3) is 2.74. The zero-order valence-electron chi connectivity index (χ0n) is 14.1. The van der Waals surface area contributed by atoms with Crippen LogP contribution in [0.25, 0.3) is 11.3 Å². The Balaban J connectivity index is 1.37.